The van der Waals surface area contributed by atoms with Gasteiger partial charge in [0.05, 0.1) is 12.7 Å². The fraction of sp³-hybridized carbons (Fsp3) is 0.609. The Labute approximate surface area is 177 Å². The molecule has 2 aliphatic heterocycles. The summed E-state index contributed by atoms with van der Waals surface area (Å²) in [7, 11) is 1.34. The van der Waals surface area contributed by atoms with E-state index in [1.165, 1.54) is 20.0 Å². The summed E-state index contributed by atoms with van der Waals surface area (Å²) in [4.78, 5) is 40.8. The van der Waals surface area contributed by atoms with Crippen molar-refractivity contribution >= 4 is 23.6 Å². The van der Waals surface area contributed by atoms with Gasteiger partial charge in [-0.25, -0.2) is 9.59 Å². The van der Waals surface area contributed by atoms with Crippen LogP contribution in [0.1, 0.15) is 55.3 Å². The second-order valence-electron chi connectivity index (χ2n) is 9.02. The number of hydrogen-bond acceptors (Lipinski definition) is 4. The molecule has 1 aliphatic carbocycles. The van der Waals surface area contributed by atoms with Crippen LogP contribution in [0.2, 0.25) is 0 Å². The Balaban J connectivity index is 1.31. The molecule has 162 valence electrons. The van der Waals surface area contributed by atoms with Gasteiger partial charge in [0, 0.05) is 38.3 Å². The van der Waals surface area contributed by atoms with Crippen molar-refractivity contribution < 1.29 is 19.1 Å². The molecule has 7 nitrogen and oxygen atoms in total. The van der Waals surface area contributed by atoms with Crippen molar-refractivity contribution in [2.45, 2.75) is 44.9 Å². The van der Waals surface area contributed by atoms with Crippen LogP contribution in [0.3, 0.4) is 0 Å². The zero-order chi connectivity index (χ0) is 21.1. The third-order valence-electron chi connectivity index (χ3n) is 6.96. The van der Waals surface area contributed by atoms with Crippen molar-refractivity contribution in [3.05, 3.63) is 29.8 Å². The van der Waals surface area contributed by atoms with Crippen LogP contribution in [-0.2, 0) is 9.53 Å². The number of anilines is 1. The average molecular weight is 414 g/mol. The molecule has 4 rings (SSSR count). The van der Waals surface area contributed by atoms with Crippen molar-refractivity contribution in [1.82, 2.24) is 9.80 Å². The molecular formula is C23H31N3O4. The summed E-state index contributed by atoms with van der Waals surface area (Å²) in [5, 5.41) is 2.89. The Morgan fingerprint density at radius 3 is 2.57 bits per heavy atom. The van der Waals surface area contributed by atoms with Gasteiger partial charge in [-0.2, -0.15) is 0 Å². The smallest absolute Gasteiger partial charge is 0.337 e. The number of carbonyl (C=O) groups is 3. The standard InChI is InChI=1S/C23H31N3O4/c1-30-21(28)18-3-2-4-19(15-18)24-22(29)25-12-9-23(10-13-25)8-7-20(27)26(14-11-23)16-17-5-6-17/h2-4,15,17H,5-14,16H2,1H3,(H,24,29). The summed E-state index contributed by atoms with van der Waals surface area (Å²) in [6.45, 7) is 3.19. The van der Waals surface area contributed by atoms with Crippen LogP contribution in [0.15, 0.2) is 24.3 Å². The zero-order valence-corrected chi connectivity index (χ0v) is 17.7. The zero-order valence-electron chi connectivity index (χ0n) is 17.7. The number of urea groups is 1. The molecule has 0 radical (unpaired) electrons. The highest BCUT2D eigenvalue weighted by atomic mass is 16.5. The third kappa shape index (κ3) is 4.77. The molecule has 1 aromatic carbocycles. The van der Waals surface area contributed by atoms with E-state index < -0.39 is 5.97 Å². The fourth-order valence-electron chi connectivity index (χ4n) is 4.69. The summed E-state index contributed by atoms with van der Waals surface area (Å²) in [5.74, 6) is 0.611. The van der Waals surface area contributed by atoms with Gasteiger partial charge < -0.3 is 19.9 Å². The maximum atomic E-state index is 12.7. The minimum atomic E-state index is -0.426. The van der Waals surface area contributed by atoms with E-state index in [4.69, 9.17) is 4.74 Å². The Bertz CT molecular complexity index is 812. The minimum Gasteiger partial charge on any atom is -0.465 e. The molecule has 1 aromatic rings. The molecule has 7 heteroatoms. The highest BCUT2D eigenvalue weighted by molar-refractivity contribution is 5.93. The first-order valence-electron chi connectivity index (χ1n) is 11.0. The molecule has 0 aromatic heterocycles. The number of nitrogens with zero attached hydrogens (tertiary/aromatic N) is 2. The van der Waals surface area contributed by atoms with E-state index in [-0.39, 0.29) is 11.4 Å². The van der Waals surface area contributed by atoms with Crippen LogP contribution < -0.4 is 5.32 Å². The number of benzene rings is 1. The number of rotatable bonds is 4. The highest BCUT2D eigenvalue weighted by Gasteiger charge is 2.39. The van der Waals surface area contributed by atoms with Gasteiger partial charge >= 0.3 is 12.0 Å². The van der Waals surface area contributed by atoms with Crippen molar-refractivity contribution in [1.29, 1.82) is 0 Å². The molecule has 3 amide bonds. The Morgan fingerprint density at radius 1 is 1.13 bits per heavy atom. The molecule has 0 bridgehead atoms. The minimum absolute atomic E-state index is 0.146. The molecule has 0 unspecified atom stereocenters. The van der Waals surface area contributed by atoms with E-state index in [2.05, 4.69) is 10.2 Å². The van der Waals surface area contributed by atoms with E-state index in [0.29, 0.717) is 36.7 Å². The average Bonchev–Trinajstić information content (AvgIpc) is 3.60. The molecule has 2 heterocycles. The normalized spacial score (nSPS) is 21.3. The second-order valence-corrected chi connectivity index (χ2v) is 9.02. The summed E-state index contributed by atoms with van der Waals surface area (Å²) >= 11 is 0. The first-order valence-corrected chi connectivity index (χ1v) is 11.0. The lowest BCUT2D eigenvalue weighted by molar-refractivity contribution is -0.130. The molecule has 0 atom stereocenters. The molecule has 2 saturated heterocycles. The number of likely N-dealkylation sites (tertiary alicyclic amines) is 2. The number of nitrogens with one attached hydrogen (secondary N) is 1. The lowest BCUT2D eigenvalue weighted by atomic mass is 9.73. The van der Waals surface area contributed by atoms with E-state index >= 15 is 0 Å². The lowest BCUT2D eigenvalue weighted by Gasteiger charge is -2.41. The van der Waals surface area contributed by atoms with Crippen molar-refractivity contribution in [3.63, 3.8) is 0 Å². The van der Waals surface area contributed by atoms with E-state index in [1.54, 1.807) is 24.3 Å². The molecule has 1 saturated carbocycles. The van der Waals surface area contributed by atoms with Gasteiger partial charge in [0.15, 0.2) is 0 Å². The van der Waals surface area contributed by atoms with Crippen LogP contribution in [0.25, 0.3) is 0 Å². The Hall–Kier alpha value is -2.57. The molecule has 1 N–H and O–H groups in total. The number of amides is 3. The number of hydrogen-bond donors (Lipinski definition) is 1. The van der Waals surface area contributed by atoms with Gasteiger partial charge in [0.2, 0.25) is 5.91 Å². The van der Waals surface area contributed by atoms with E-state index in [1.807, 2.05) is 4.90 Å². The summed E-state index contributed by atoms with van der Waals surface area (Å²) in [5.41, 5.74) is 1.17. The van der Waals surface area contributed by atoms with E-state index in [9.17, 15) is 14.4 Å². The third-order valence-corrected chi connectivity index (χ3v) is 6.96. The summed E-state index contributed by atoms with van der Waals surface area (Å²) < 4.78 is 4.74. The van der Waals surface area contributed by atoms with Gasteiger partial charge in [0.25, 0.3) is 0 Å². The maximum Gasteiger partial charge on any atom is 0.337 e. The molecule has 3 aliphatic rings. The molecule has 30 heavy (non-hydrogen) atoms. The lowest BCUT2D eigenvalue weighted by Crippen LogP contribution is -2.45. The number of methoxy groups -OCH3 is 1. The second kappa shape index (κ2) is 8.66. The molecule has 1 spiro atoms. The van der Waals surface area contributed by atoms with Crippen LogP contribution in [0, 0.1) is 11.3 Å². The topological polar surface area (TPSA) is 79.0 Å². The summed E-state index contributed by atoms with van der Waals surface area (Å²) in [6, 6.07) is 6.63. The van der Waals surface area contributed by atoms with Gasteiger partial charge in [-0.1, -0.05) is 6.07 Å². The van der Waals surface area contributed by atoms with Crippen molar-refractivity contribution in [2.75, 3.05) is 38.6 Å². The fourth-order valence-corrected chi connectivity index (χ4v) is 4.69. The SMILES string of the molecule is COC(=O)c1cccc(NC(=O)N2CCC3(CCC(=O)N(CC4CC4)CC3)CC2)c1. The number of piperidine rings is 1. The highest BCUT2D eigenvalue weighted by Crippen LogP contribution is 2.42. The van der Waals surface area contributed by atoms with Gasteiger partial charge in [0.1, 0.15) is 0 Å². The maximum absolute atomic E-state index is 12.7. The monoisotopic (exact) mass is 413 g/mol. The first-order chi connectivity index (χ1) is 14.5. The molecular weight excluding hydrogens is 382 g/mol. The summed E-state index contributed by atoms with van der Waals surface area (Å²) in [6.07, 6.45) is 7.02. The van der Waals surface area contributed by atoms with Crippen LogP contribution in [0.5, 0.6) is 0 Å². The quantitative estimate of drug-likeness (QED) is 0.766. The first kappa shape index (κ1) is 20.7. The van der Waals surface area contributed by atoms with Gasteiger partial charge in [-0.3, -0.25) is 4.79 Å². The van der Waals surface area contributed by atoms with Crippen molar-refractivity contribution in [2.24, 2.45) is 11.3 Å². The molecule has 3 fully saturated rings. The Morgan fingerprint density at radius 2 is 1.87 bits per heavy atom. The number of esters is 1. The van der Waals surface area contributed by atoms with Crippen LogP contribution in [0.4, 0.5) is 10.5 Å². The predicted octanol–water partition coefficient (Wildman–Crippen LogP) is 3.51. The van der Waals surface area contributed by atoms with Crippen LogP contribution in [-0.4, -0.2) is 61.0 Å². The van der Waals surface area contributed by atoms with Crippen molar-refractivity contribution in [3.8, 4) is 0 Å². The van der Waals surface area contributed by atoms with E-state index in [0.717, 1.165) is 44.7 Å². The van der Waals surface area contributed by atoms with Crippen LogP contribution >= 0.6 is 0 Å². The van der Waals surface area contributed by atoms with Gasteiger partial charge in [-0.15, -0.1) is 0 Å². The number of carbonyl (C=O) groups excluding carboxylic acids is 3. The predicted molar refractivity (Wildman–Crippen MR) is 113 cm³/mol. The Kier molecular flexibility index (Phi) is 5.97. The number of ether oxygens (including phenoxy) is 1. The largest absolute Gasteiger partial charge is 0.465 e. The van der Waals surface area contributed by atoms with Gasteiger partial charge in [-0.05, 0) is 68.1 Å².